The molecular weight excluding hydrogens is 328 g/mol. The van der Waals surface area contributed by atoms with Crippen LogP contribution in [0.3, 0.4) is 0 Å². The quantitative estimate of drug-likeness (QED) is 0.753. The highest BCUT2D eigenvalue weighted by Gasteiger charge is 2.28. The number of rotatable bonds is 9. The zero-order valence-corrected chi connectivity index (χ0v) is 15.4. The molecule has 2 rings (SSSR count). The van der Waals surface area contributed by atoms with Crippen LogP contribution in [0.25, 0.3) is 0 Å². The molecule has 0 aliphatic carbocycles. The van der Waals surface area contributed by atoms with Gasteiger partial charge in [0.2, 0.25) is 5.91 Å². The molecule has 0 aromatic heterocycles. The highest BCUT2D eigenvalue weighted by molar-refractivity contribution is 5.88. The number of para-hydroxylation sites is 1. The number of hydrogen-bond acceptors (Lipinski definition) is 3. The number of carbonyl (C=O) groups is 2. The summed E-state index contributed by atoms with van der Waals surface area (Å²) in [5, 5.41) is 2.82. The van der Waals surface area contributed by atoms with Gasteiger partial charge in [-0.05, 0) is 31.0 Å². The summed E-state index contributed by atoms with van der Waals surface area (Å²) in [6.45, 7) is 4.57. The molecule has 2 amide bonds. The number of amides is 2. The first kappa shape index (κ1) is 19.5. The maximum Gasteiger partial charge on any atom is 0.261 e. The Balaban J connectivity index is 2.14. The summed E-state index contributed by atoms with van der Waals surface area (Å²) < 4.78 is 5.60. The molecule has 0 saturated heterocycles. The molecule has 0 saturated carbocycles. The molecule has 5 nitrogen and oxygen atoms in total. The molecule has 1 unspecified atom stereocenters. The number of hydrogen-bond donors (Lipinski definition) is 1. The van der Waals surface area contributed by atoms with Crippen LogP contribution in [0.15, 0.2) is 60.7 Å². The van der Waals surface area contributed by atoms with Gasteiger partial charge in [-0.25, -0.2) is 0 Å². The first-order valence-corrected chi connectivity index (χ1v) is 8.94. The predicted octanol–water partition coefficient (Wildman–Crippen LogP) is 3.01. The lowest BCUT2D eigenvalue weighted by Crippen LogP contribution is -2.50. The van der Waals surface area contributed by atoms with Crippen molar-refractivity contribution in [3.8, 4) is 5.75 Å². The fourth-order valence-electron chi connectivity index (χ4n) is 2.74. The average Bonchev–Trinajstić information content (AvgIpc) is 2.68. The lowest BCUT2D eigenvalue weighted by molar-refractivity contribution is -0.142. The molecule has 1 N–H and O–H groups in total. The molecule has 138 valence electrons. The Morgan fingerprint density at radius 3 is 2.19 bits per heavy atom. The summed E-state index contributed by atoms with van der Waals surface area (Å²) in [6.07, 6.45) is 0.537. The van der Waals surface area contributed by atoms with Crippen LogP contribution in [-0.2, 0) is 16.1 Å². The van der Waals surface area contributed by atoms with E-state index in [0.717, 1.165) is 5.56 Å². The van der Waals surface area contributed by atoms with Gasteiger partial charge < -0.3 is 15.0 Å². The minimum atomic E-state index is -0.526. The van der Waals surface area contributed by atoms with E-state index in [1.807, 2.05) is 62.4 Å². The van der Waals surface area contributed by atoms with E-state index >= 15 is 0 Å². The van der Waals surface area contributed by atoms with E-state index in [-0.39, 0.29) is 18.4 Å². The highest BCUT2D eigenvalue weighted by atomic mass is 16.5. The molecule has 0 radical (unpaired) electrons. The summed E-state index contributed by atoms with van der Waals surface area (Å²) in [7, 11) is 0. The van der Waals surface area contributed by atoms with Gasteiger partial charge in [0.05, 0.1) is 0 Å². The van der Waals surface area contributed by atoms with Gasteiger partial charge in [0.1, 0.15) is 11.8 Å². The Morgan fingerprint density at radius 2 is 1.62 bits per heavy atom. The third-order valence-corrected chi connectivity index (χ3v) is 4.04. The molecule has 2 aromatic rings. The molecule has 0 bridgehead atoms. The lowest BCUT2D eigenvalue weighted by Gasteiger charge is -2.30. The Morgan fingerprint density at radius 1 is 1.00 bits per heavy atom. The third kappa shape index (κ3) is 5.62. The van der Waals surface area contributed by atoms with Crippen molar-refractivity contribution < 1.29 is 14.3 Å². The second-order valence-electron chi connectivity index (χ2n) is 5.93. The van der Waals surface area contributed by atoms with Gasteiger partial charge in [0.25, 0.3) is 5.91 Å². The minimum absolute atomic E-state index is 0.104. The SMILES string of the molecule is CCNC(=O)C(CC)N(Cc1ccccc1)C(=O)COc1ccccc1. The molecule has 2 aromatic carbocycles. The molecule has 5 heteroatoms. The summed E-state index contributed by atoms with van der Waals surface area (Å²) in [4.78, 5) is 26.9. The van der Waals surface area contributed by atoms with Crippen molar-refractivity contribution >= 4 is 11.8 Å². The lowest BCUT2D eigenvalue weighted by atomic mass is 10.1. The van der Waals surface area contributed by atoms with E-state index in [2.05, 4.69) is 5.32 Å². The van der Waals surface area contributed by atoms with Crippen LogP contribution in [0.2, 0.25) is 0 Å². The summed E-state index contributed by atoms with van der Waals surface area (Å²) in [5.41, 5.74) is 0.975. The maximum absolute atomic E-state index is 12.9. The van der Waals surface area contributed by atoms with Crippen molar-refractivity contribution in [1.82, 2.24) is 10.2 Å². The van der Waals surface area contributed by atoms with Gasteiger partial charge in [-0.1, -0.05) is 55.5 Å². The number of ether oxygens (including phenoxy) is 1. The summed E-state index contributed by atoms with van der Waals surface area (Å²) in [5.74, 6) is 0.279. The zero-order chi connectivity index (χ0) is 18.8. The molecule has 0 spiro atoms. The smallest absolute Gasteiger partial charge is 0.261 e. The molecule has 0 aliphatic heterocycles. The van der Waals surface area contributed by atoms with Crippen LogP contribution >= 0.6 is 0 Å². The first-order chi connectivity index (χ1) is 12.7. The molecular formula is C21H26N2O3. The zero-order valence-electron chi connectivity index (χ0n) is 15.4. The minimum Gasteiger partial charge on any atom is -0.484 e. The fraction of sp³-hybridized carbons (Fsp3) is 0.333. The van der Waals surface area contributed by atoms with Crippen molar-refractivity contribution in [1.29, 1.82) is 0 Å². The standard InChI is InChI=1S/C21H26N2O3/c1-3-19(21(25)22-4-2)23(15-17-11-7-5-8-12-17)20(24)16-26-18-13-9-6-10-14-18/h5-14,19H,3-4,15-16H2,1-2H3,(H,22,25). The van der Waals surface area contributed by atoms with Crippen LogP contribution in [0.1, 0.15) is 25.8 Å². The Bertz CT molecular complexity index is 689. The van der Waals surface area contributed by atoms with Crippen LogP contribution in [0.5, 0.6) is 5.75 Å². The summed E-state index contributed by atoms with van der Waals surface area (Å²) in [6, 6.07) is 18.3. The number of nitrogens with zero attached hydrogens (tertiary/aromatic N) is 1. The van der Waals surface area contributed by atoms with Crippen molar-refractivity contribution in [2.45, 2.75) is 32.9 Å². The Hall–Kier alpha value is -2.82. The normalized spacial score (nSPS) is 11.5. The largest absolute Gasteiger partial charge is 0.484 e. The number of nitrogens with one attached hydrogen (secondary N) is 1. The van der Waals surface area contributed by atoms with E-state index in [1.54, 1.807) is 17.0 Å². The van der Waals surface area contributed by atoms with E-state index < -0.39 is 6.04 Å². The average molecular weight is 354 g/mol. The van der Waals surface area contributed by atoms with Gasteiger partial charge in [0, 0.05) is 13.1 Å². The van der Waals surface area contributed by atoms with Gasteiger partial charge in [-0.15, -0.1) is 0 Å². The topological polar surface area (TPSA) is 58.6 Å². The van der Waals surface area contributed by atoms with Gasteiger partial charge >= 0.3 is 0 Å². The van der Waals surface area contributed by atoms with E-state index in [9.17, 15) is 9.59 Å². The third-order valence-electron chi connectivity index (χ3n) is 4.04. The van der Waals surface area contributed by atoms with Crippen molar-refractivity contribution in [3.05, 3.63) is 66.2 Å². The van der Waals surface area contributed by atoms with Crippen molar-refractivity contribution in [2.24, 2.45) is 0 Å². The van der Waals surface area contributed by atoms with Gasteiger partial charge in [-0.3, -0.25) is 9.59 Å². The van der Waals surface area contributed by atoms with Crippen molar-refractivity contribution in [2.75, 3.05) is 13.2 Å². The van der Waals surface area contributed by atoms with Gasteiger partial charge in [-0.2, -0.15) is 0 Å². The van der Waals surface area contributed by atoms with Crippen LogP contribution in [0, 0.1) is 0 Å². The fourth-order valence-corrected chi connectivity index (χ4v) is 2.74. The molecule has 1 atom stereocenters. The predicted molar refractivity (Wildman–Crippen MR) is 102 cm³/mol. The second kappa shape index (κ2) is 10.2. The van der Waals surface area contributed by atoms with Crippen LogP contribution < -0.4 is 10.1 Å². The van der Waals surface area contributed by atoms with Gasteiger partial charge in [0.15, 0.2) is 6.61 Å². The Kier molecular flexibility index (Phi) is 7.68. The molecule has 26 heavy (non-hydrogen) atoms. The van der Waals surface area contributed by atoms with Crippen LogP contribution in [0.4, 0.5) is 0 Å². The van der Waals surface area contributed by atoms with E-state index in [0.29, 0.717) is 25.3 Å². The van der Waals surface area contributed by atoms with E-state index in [4.69, 9.17) is 4.74 Å². The number of benzene rings is 2. The second-order valence-corrected chi connectivity index (χ2v) is 5.93. The highest BCUT2D eigenvalue weighted by Crippen LogP contribution is 2.14. The monoisotopic (exact) mass is 354 g/mol. The van der Waals surface area contributed by atoms with Crippen LogP contribution in [-0.4, -0.2) is 35.9 Å². The first-order valence-electron chi connectivity index (χ1n) is 8.94. The van der Waals surface area contributed by atoms with E-state index in [1.165, 1.54) is 0 Å². The maximum atomic E-state index is 12.9. The molecule has 0 heterocycles. The molecule has 0 aliphatic rings. The van der Waals surface area contributed by atoms with Crippen molar-refractivity contribution in [3.63, 3.8) is 0 Å². The Labute approximate surface area is 155 Å². The molecule has 0 fully saturated rings. The number of carbonyl (C=O) groups excluding carboxylic acids is 2. The summed E-state index contributed by atoms with van der Waals surface area (Å²) >= 11 is 0. The number of likely N-dealkylation sites (N-methyl/N-ethyl adjacent to an activating group) is 1.